The number of benzene rings is 1. The van der Waals surface area contributed by atoms with Gasteiger partial charge in [-0.05, 0) is 30.5 Å². The van der Waals surface area contributed by atoms with Gasteiger partial charge in [-0.3, -0.25) is 9.59 Å². The summed E-state index contributed by atoms with van der Waals surface area (Å²) in [5, 5.41) is 2.23. The minimum absolute atomic E-state index is 0.00381. The number of amides is 1. The van der Waals surface area contributed by atoms with Gasteiger partial charge >= 0.3 is 12.1 Å². The molecule has 0 bridgehead atoms. The lowest BCUT2D eigenvalue weighted by Gasteiger charge is -2.15. The van der Waals surface area contributed by atoms with E-state index in [1.165, 1.54) is 7.11 Å². The van der Waals surface area contributed by atoms with Gasteiger partial charge in [0.15, 0.2) is 16.4 Å². The van der Waals surface area contributed by atoms with E-state index in [4.69, 9.17) is 14.2 Å². The fourth-order valence-corrected chi connectivity index (χ4v) is 4.69. The Hall–Kier alpha value is -2.34. The minimum atomic E-state index is -4.63. The molecule has 8 nitrogen and oxygen atoms in total. The molecule has 2 rings (SSSR count). The summed E-state index contributed by atoms with van der Waals surface area (Å²) in [6.07, 6.45) is -4.43. The molecule has 1 fully saturated rings. The van der Waals surface area contributed by atoms with Crippen LogP contribution >= 0.6 is 0 Å². The van der Waals surface area contributed by atoms with Crippen LogP contribution in [0.25, 0.3) is 0 Å². The van der Waals surface area contributed by atoms with Gasteiger partial charge in [0.1, 0.15) is 12.4 Å². The molecule has 1 amide bonds. The molecule has 1 N–H and O–H groups in total. The van der Waals surface area contributed by atoms with E-state index >= 15 is 0 Å². The summed E-state index contributed by atoms with van der Waals surface area (Å²) >= 11 is 0. The number of rotatable bonds is 9. The molecule has 0 saturated carbocycles. The van der Waals surface area contributed by atoms with Crippen molar-refractivity contribution in [2.45, 2.75) is 19.0 Å². The molecule has 0 aliphatic carbocycles. The molecule has 12 heteroatoms. The fraction of sp³-hybridized carbons (Fsp3) is 0.556. The number of carbonyl (C=O) groups is 2. The maximum Gasteiger partial charge on any atom is 0.416 e. The average molecular weight is 453 g/mol. The topological polar surface area (TPSA) is 108 Å². The van der Waals surface area contributed by atoms with Gasteiger partial charge in [-0.2, -0.15) is 13.2 Å². The van der Waals surface area contributed by atoms with Gasteiger partial charge in [0.2, 0.25) is 0 Å². The molecular formula is C18H22F3NO7S. The molecule has 1 saturated heterocycles. The summed E-state index contributed by atoms with van der Waals surface area (Å²) in [4.78, 5) is 23.9. The predicted octanol–water partition coefficient (Wildman–Crippen LogP) is 2.04. The second kappa shape index (κ2) is 10.1. The molecule has 1 aliphatic heterocycles. The third-order valence-corrected chi connectivity index (χ3v) is 6.11. The number of halogens is 3. The largest absolute Gasteiger partial charge is 0.489 e. The molecule has 168 valence electrons. The number of nitrogens with one attached hydrogen (secondary N) is 1. The number of anilines is 1. The summed E-state index contributed by atoms with van der Waals surface area (Å²) < 4.78 is 76.6. The monoisotopic (exact) mass is 453 g/mol. The SMILES string of the molecule is COCCOc1ccc(C(F)(F)F)cc1NC(=O)COC(=O)CC1CCS(=O)(=O)C1. The highest BCUT2D eigenvalue weighted by atomic mass is 32.2. The van der Waals surface area contributed by atoms with Crippen molar-refractivity contribution in [3.8, 4) is 5.75 Å². The van der Waals surface area contributed by atoms with Crippen molar-refractivity contribution in [1.82, 2.24) is 0 Å². The molecule has 30 heavy (non-hydrogen) atoms. The summed E-state index contributed by atoms with van der Waals surface area (Å²) in [6, 6.07) is 2.60. The minimum Gasteiger partial charge on any atom is -0.489 e. The lowest BCUT2D eigenvalue weighted by Crippen LogP contribution is -2.23. The molecule has 1 aliphatic rings. The second-order valence-corrected chi connectivity index (χ2v) is 8.96. The second-order valence-electron chi connectivity index (χ2n) is 6.73. The van der Waals surface area contributed by atoms with Crippen LogP contribution in [0.2, 0.25) is 0 Å². The Morgan fingerprint density at radius 1 is 1.23 bits per heavy atom. The zero-order valence-electron chi connectivity index (χ0n) is 16.2. The van der Waals surface area contributed by atoms with Gasteiger partial charge in [-0.25, -0.2) is 8.42 Å². The Bertz CT molecular complexity index is 871. The fourth-order valence-electron chi connectivity index (χ4n) is 2.82. The van der Waals surface area contributed by atoms with Crippen LogP contribution in [0.15, 0.2) is 18.2 Å². The van der Waals surface area contributed by atoms with Gasteiger partial charge in [0.05, 0.1) is 29.4 Å². The lowest BCUT2D eigenvalue weighted by atomic mass is 10.1. The van der Waals surface area contributed by atoms with Crippen LogP contribution in [-0.2, 0) is 35.1 Å². The highest BCUT2D eigenvalue weighted by molar-refractivity contribution is 7.91. The highest BCUT2D eigenvalue weighted by Gasteiger charge is 2.32. The third kappa shape index (κ3) is 7.48. The van der Waals surface area contributed by atoms with Crippen molar-refractivity contribution < 1.29 is 45.4 Å². The summed E-state index contributed by atoms with van der Waals surface area (Å²) in [6.45, 7) is -0.501. The average Bonchev–Trinajstić information content (AvgIpc) is 2.98. The first kappa shape index (κ1) is 23.9. The van der Waals surface area contributed by atoms with Crippen molar-refractivity contribution in [3.63, 3.8) is 0 Å². The highest BCUT2D eigenvalue weighted by Crippen LogP contribution is 2.35. The van der Waals surface area contributed by atoms with Gasteiger partial charge in [-0.15, -0.1) is 0 Å². The van der Waals surface area contributed by atoms with E-state index in [0.29, 0.717) is 12.5 Å². The molecule has 0 aromatic heterocycles. The first-order chi connectivity index (χ1) is 14.0. The maximum atomic E-state index is 13.0. The zero-order chi connectivity index (χ0) is 22.4. The number of ether oxygens (including phenoxy) is 3. The molecule has 0 radical (unpaired) electrons. The van der Waals surface area contributed by atoms with Gasteiger partial charge < -0.3 is 19.5 Å². The van der Waals surface area contributed by atoms with Crippen molar-refractivity contribution in [2.24, 2.45) is 5.92 Å². The van der Waals surface area contributed by atoms with Gasteiger partial charge in [0, 0.05) is 13.5 Å². The standard InChI is InChI=1S/C18H22F3NO7S/c1-27-5-6-28-15-3-2-13(18(19,20)21)9-14(15)22-16(23)10-29-17(24)8-12-4-7-30(25,26)11-12/h2-3,9,12H,4-8,10-11H2,1H3,(H,22,23). The van der Waals surface area contributed by atoms with E-state index in [1.807, 2.05) is 0 Å². The smallest absolute Gasteiger partial charge is 0.416 e. The van der Waals surface area contributed by atoms with E-state index in [2.05, 4.69) is 5.32 Å². The van der Waals surface area contributed by atoms with Crippen molar-refractivity contribution in [3.05, 3.63) is 23.8 Å². The van der Waals surface area contributed by atoms with Crippen LogP contribution in [0.5, 0.6) is 5.75 Å². The molecule has 1 aromatic carbocycles. The summed E-state index contributed by atoms with van der Waals surface area (Å²) in [7, 11) is -1.72. The van der Waals surface area contributed by atoms with Crippen LogP contribution in [0, 0.1) is 5.92 Å². The molecule has 1 aromatic rings. The zero-order valence-corrected chi connectivity index (χ0v) is 17.0. The van der Waals surface area contributed by atoms with Crippen molar-refractivity contribution in [2.75, 3.05) is 43.8 Å². The van der Waals surface area contributed by atoms with E-state index < -0.39 is 40.1 Å². The number of hydrogen-bond donors (Lipinski definition) is 1. The van der Waals surface area contributed by atoms with Gasteiger partial charge in [-0.1, -0.05) is 0 Å². The molecular weight excluding hydrogens is 431 g/mol. The van der Waals surface area contributed by atoms with Crippen LogP contribution in [-0.4, -0.2) is 58.7 Å². The Kier molecular flexibility index (Phi) is 8.07. The van der Waals surface area contributed by atoms with Gasteiger partial charge in [0.25, 0.3) is 5.91 Å². The Balaban J connectivity index is 1.95. The third-order valence-electron chi connectivity index (χ3n) is 4.27. The van der Waals surface area contributed by atoms with E-state index in [0.717, 1.165) is 12.1 Å². The number of carbonyl (C=O) groups excluding carboxylic acids is 2. The first-order valence-corrected chi connectivity index (χ1v) is 10.8. The van der Waals surface area contributed by atoms with Crippen LogP contribution in [0.4, 0.5) is 18.9 Å². The van der Waals surface area contributed by atoms with Crippen molar-refractivity contribution in [1.29, 1.82) is 0 Å². The Morgan fingerprint density at radius 2 is 1.97 bits per heavy atom. The molecule has 1 unspecified atom stereocenters. The van der Waals surface area contributed by atoms with Crippen LogP contribution in [0.1, 0.15) is 18.4 Å². The van der Waals surface area contributed by atoms with E-state index in [1.54, 1.807) is 0 Å². The quantitative estimate of drug-likeness (QED) is 0.450. The lowest BCUT2D eigenvalue weighted by molar-refractivity contribution is -0.148. The van der Waals surface area contributed by atoms with Crippen molar-refractivity contribution >= 4 is 27.4 Å². The molecule has 1 atom stereocenters. The van der Waals surface area contributed by atoms with E-state index in [9.17, 15) is 31.2 Å². The maximum absolute atomic E-state index is 13.0. The number of sulfone groups is 1. The summed E-state index contributed by atoms with van der Waals surface area (Å²) in [5.74, 6) is -2.09. The predicted molar refractivity (Wildman–Crippen MR) is 99.8 cm³/mol. The Labute approximate surface area is 171 Å². The number of alkyl halides is 3. The van der Waals surface area contributed by atoms with E-state index in [-0.39, 0.29) is 48.5 Å². The normalized spacial score (nSPS) is 18.1. The number of esters is 1. The first-order valence-electron chi connectivity index (χ1n) is 8.99. The molecule has 1 heterocycles. The Morgan fingerprint density at radius 3 is 2.57 bits per heavy atom. The number of methoxy groups -OCH3 is 1. The summed E-state index contributed by atoms with van der Waals surface area (Å²) in [5.41, 5.74) is -1.22. The van der Waals surface area contributed by atoms with Crippen LogP contribution < -0.4 is 10.1 Å². The van der Waals surface area contributed by atoms with Crippen LogP contribution in [0.3, 0.4) is 0 Å². The number of hydrogen-bond acceptors (Lipinski definition) is 7. The molecule has 0 spiro atoms.